The fraction of sp³-hybridized carbons (Fsp3) is 0.368. The smallest absolute Gasteiger partial charge is 0.0854 e. The van der Waals surface area contributed by atoms with Gasteiger partial charge in [-0.1, -0.05) is 105 Å². The van der Waals surface area contributed by atoms with Crippen molar-refractivity contribution in [2.45, 2.75) is 45.8 Å². The highest BCUT2D eigenvalue weighted by Gasteiger charge is 2.30. The van der Waals surface area contributed by atoms with E-state index in [4.69, 9.17) is 0 Å². The van der Waals surface area contributed by atoms with Gasteiger partial charge in [-0.15, -0.1) is 0 Å². The van der Waals surface area contributed by atoms with Gasteiger partial charge in [0.15, 0.2) is 0 Å². The molecule has 0 spiro atoms. The summed E-state index contributed by atoms with van der Waals surface area (Å²) in [7, 11) is -1.31. The van der Waals surface area contributed by atoms with Gasteiger partial charge >= 0.3 is 0 Å². The number of benzene rings is 1. The molecule has 0 radical (unpaired) electrons. The van der Waals surface area contributed by atoms with Crippen molar-refractivity contribution in [2.75, 3.05) is 0 Å². The number of hydrogen-bond acceptors (Lipinski definition) is 0. The summed E-state index contributed by atoms with van der Waals surface area (Å²) in [4.78, 5) is 0. The molecule has 0 aromatic heterocycles. The van der Waals surface area contributed by atoms with Crippen molar-refractivity contribution in [3.63, 3.8) is 0 Å². The highest BCUT2D eigenvalue weighted by Crippen LogP contribution is 2.31. The highest BCUT2D eigenvalue weighted by atomic mass is 28.3. The first-order valence-corrected chi connectivity index (χ1v) is 10.3. The van der Waals surface area contributed by atoms with Crippen molar-refractivity contribution in [3.8, 4) is 0 Å². The normalized spacial score (nSPS) is 12.9. The average Bonchev–Trinajstić information content (AvgIpc) is 2.50. The van der Waals surface area contributed by atoms with Crippen LogP contribution in [0.4, 0.5) is 0 Å². The van der Waals surface area contributed by atoms with Crippen molar-refractivity contribution >= 4 is 14.1 Å². The first-order valence-electron chi connectivity index (χ1n) is 7.69. The predicted octanol–water partition coefficient (Wildman–Crippen LogP) is 6.25. The quantitative estimate of drug-likeness (QED) is 0.410. The maximum atomic E-state index is 4.42. The van der Waals surface area contributed by atoms with Crippen molar-refractivity contribution < 1.29 is 0 Å². The monoisotopic (exact) mass is 284 g/mol. The van der Waals surface area contributed by atoms with Crippen LogP contribution < -0.4 is 0 Å². The largest absolute Gasteiger partial charge is 0.0995 e. The third-order valence-corrected chi connectivity index (χ3v) is 10.3. The van der Waals surface area contributed by atoms with Gasteiger partial charge < -0.3 is 0 Å². The molecule has 108 valence electrons. The molecule has 0 bridgehead atoms. The summed E-state index contributed by atoms with van der Waals surface area (Å²) in [6.45, 7) is 13.6. The molecule has 20 heavy (non-hydrogen) atoms. The van der Waals surface area contributed by atoms with Crippen molar-refractivity contribution in [1.82, 2.24) is 0 Å². The Morgan fingerprint density at radius 1 is 1.05 bits per heavy atom. The second kappa shape index (κ2) is 8.06. The molecule has 0 saturated carbocycles. The molecule has 0 aliphatic rings. The average molecular weight is 285 g/mol. The van der Waals surface area contributed by atoms with Gasteiger partial charge in [-0.25, -0.2) is 0 Å². The van der Waals surface area contributed by atoms with Crippen LogP contribution in [0.5, 0.6) is 0 Å². The van der Waals surface area contributed by atoms with Gasteiger partial charge in [-0.05, 0) is 12.5 Å². The third-order valence-electron chi connectivity index (χ3n) is 4.58. The van der Waals surface area contributed by atoms with Crippen molar-refractivity contribution in [2.24, 2.45) is 0 Å². The zero-order valence-electron chi connectivity index (χ0n) is 13.4. The number of hydrogen-bond donors (Lipinski definition) is 0. The summed E-state index contributed by atoms with van der Waals surface area (Å²) in [6.07, 6.45) is 6.53. The summed E-state index contributed by atoms with van der Waals surface area (Å²) in [6, 6.07) is 14.3. The van der Waals surface area contributed by atoms with Gasteiger partial charge in [0.1, 0.15) is 0 Å². The zero-order valence-corrected chi connectivity index (χ0v) is 14.4. The first kappa shape index (κ1) is 16.7. The van der Waals surface area contributed by atoms with Crippen LogP contribution >= 0.6 is 0 Å². The lowest BCUT2D eigenvalue weighted by molar-refractivity contribution is 1.17. The Morgan fingerprint density at radius 2 is 1.60 bits per heavy atom. The second-order valence-electron chi connectivity index (χ2n) is 5.44. The Labute approximate surface area is 125 Å². The summed E-state index contributed by atoms with van der Waals surface area (Å²) < 4.78 is 0. The van der Waals surface area contributed by atoms with Crippen LogP contribution in [0.3, 0.4) is 0 Å². The molecule has 0 fully saturated rings. The van der Waals surface area contributed by atoms with E-state index in [0.717, 1.165) is 0 Å². The van der Waals surface area contributed by atoms with Crippen molar-refractivity contribution in [3.05, 3.63) is 65.4 Å². The third kappa shape index (κ3) is 4.07. The molecule has 0 aliphatic heterocycles. The summed E-state index contributed by atoms with van der Waals surface area (Å²) in [5.41, 5.74) is 2.60. The van der Waals surface area contributed by atoms with Crippen LogP contribution in [0.1, 0.15) is 33.3 Å². The van der Waals surface area contributed by atoms with E-state index in [2.05, 4.69) is 76.8 Å². The van der Waals surface area contributed by atoms with Crippen LogP contribution in [0.15, 0.2) is 59.8 Å². The fourth-order valence-electron chi connectivity index (χ4n) is 2.78. The molecule has 1 rings (SSSR count). The second-order valence-corrected chi connectivity index (χ2v) is 10.7. The van der Waals surface area contributed by atoms with Gasteiger partial charge in [0.05, 0.1) is 8.07 Å². The molecular weight excluding hydrogens is 256 g/mol. The molecule has 0 saturated heterocycles. The molecule has 1 heteroatoms. The molecule has 1 aromatic rings. The minimum absolute atomic E-state index is 1.24. The molecular formula is C19H28Si. The Bertz CT molecular complexity index is 467. The molecule has 0 unspecified atom stereocenters. The summed E-state index contributed by atoms with van der Waals surface area (Å²) in [5, 5.41) is 1.43. The summed E-state index contributed by atoms with van der Waals surface area (Å²) >= 11 is 0. The standard InChI is InChI=1S/C19H28Si/c1-6-20(7-2,8-3)18(5)17(4)13-12-16-19-14-10-9-11-15-19/h9-16H,5-8H2,1-4H3/b16-12+,17-13+. The van der Waals surface area contributed by atoms with Crippen LogP contribution in [0.25, 0.3) is 6.08 Å². The first-order chi connectivity index (χ1) is 9.59. The minimum Gasteiger partial charge on any atom is -0.0995 e. The Kier molecular flexibility index (Phi) is 6.73. The summed E-state index contributed by atoms with van der Waals surface area (Å²) in [5.74, 6) is 0. The van der Waals surface area contributed by atoms with E-state index in [9.17, 15) is 0 Å². The van der Waals surface area contributed by atoms with E-state index >= 15 is 0 Å². The molecule has 0 nitrogen and oxygen atoms in total. The van der Waals surface area contributed by atoms with Gasteiger partial charge in [0.25, 0.3) is 0 Å². The molecule has 0 atom stereocenters. The molecule has 0 N–H and O–H groups in total. The van der Waals surface area contributed by atoms with Gasteiger partial charge in [0.2, 0.25) is 0 Å². The van der Waals surface area contributed by atoms with Gasteiger partial charge in [-0.3, -0.25) is 0 Å². The molecule has 0 amide bonds. The maximum absolute atomic E-state index is 4.42. The van der Waals surface area contributed by atoms with Gasteiger partial charge in [-0.2, -0.15) is 0 Å². The van der Waals surface area contributed by atoms with Crippen LogP contribution in [0, 0.1) is 0 Å². The fourth-order valence-corrected chi connectivity index (χ4v) is 6.48. The van der Waals surface area contributed by atoms with Crippen LogP contribution in [-0.2, 0) is 0 Å². The zero-order chi connectivity index (χ0) is 15.0. The lowest BCUT2D eigenvalue weighted by Crippen LogP contribution is -2.34. The Balaban J connectivity index is 2.83. The van der Waals surface area contributed by atoms with E-state index in [1.807, 2.05) is 6.07 Å². The number of rotatable bonds is 7. The highest BCUT2D eigenvalue weighted by molar-refractivity contribution is 6.87. The van der Waals surface area contributed by atoms with Gasteiger partial charge in [0, 0.05) is 0 Å². The SMILES string of the molecule is C=C(/C(C)=C/C=C/c1ccccc1)[Si](CC)(CC)CC. The van der Waals surface area contributed by atoms with E-state index in [1.165, 1.54) is 34.5 Å². The molecule has 0 aliphatic carbocycles. The Morgan fingerprint density at radius 3 is 2.10 bits per heavy atom. The van der Waals surface area contributed by atoms with Crippen LogP contribution in [0.2, 0.25) is 18.1 Å². The van der Waals surface area contributed by atoms with E-state index in [1.54, 1.807) is 0 Å². The van der Waals surface area contributed by atoms with E-state index < -0.39 is 8.07 Å². The maximum Gasteiger partial charge on any atom is 0.0854 e. The molecule has 0 heterocycles. The lowest BCUT2D eigenvalue weighted by atomic mass is 10.2. The van der Waals surface area contributed by atoms with Crippen molar-refractivity contribution in [1.29, 1.82) is 0 Å². The number of allylic oxidation sites excluding steroid dienone is 4. The lowest BCUT2D eigenvalue weighted by Gasteiger charge is -2.31. The topological polar surface area (TPSA) is 0 Å². The van der Waals surface area contributed by atoms with E-state index in [-0.39, 0.29) is 0 Å². The predicted molar refractivity (Wildman–Crippen MR) is 95.6 cm³/mol. The Hall–Kier alpha value is -1.34. The minimum atomic E-state index is -1.31. The van der Waals surface area contributed by atoms with Crippen LogP contribution in [-0.4, -0.2) is 8.07 Å². The van der Waals surface area contributed by atoms with E-state index in [0.29, 0.717) is 0 Å². The molecule has 1 aromatic carbocycles.